The van der Waals surface area contributed by atoms with Gasteiger partial charge in [0.05, 0.1) is 5.69 Å². The molecule has 0 unspecified atom stereocenters. The molecule has 0 aliphatic heterocycles. The Morgan fingerprint density at radius 2 is 1.95 bits per heavy atom. The Labute approximate surface area is 129 Å². The van der Waals surface area contributed by atoms with E-state index in [1.54, 1.807) is 0 Å². The van der Waals surface area contributed by atoms with Crippen molar-refractivity contribution in [2.75, 3.05) is 0 Å². The first-order chi connectivity index (χ1) is 9.52. The lowest BCUT2D eigenvalue weighted by molar-refractivity contribution is 0.254. The highest BCUT2D eigenvalue weighted by Crippen LogP contribution is 2.37. The third-order valence-electron chi connectivity index (χ3n) is 4.54. The van der Waals surface area contributed by atoms with Gasteiger partial charge in [0.1, 0.15) is 10.3 Å². The number of aryl methyl sites for hydroxylation is 1. The number of hydrogen-bond donors (Lipinski definition) is 1. The van der Waals surface area contributed by atoms with Gasteiger partial charge in [-0.15, -0.1) is 0 Å². The minimum atomic E-state index is -0.0237. The van der Waals surface area contributed by atoms with Gasteiger partial charge in [-0.25, -0.2) is 4.98 Å². The summed E-state index contributed by atoms with van der Waals surface area (Å²) in [6.07, 6.45) is 6.68. The zero-order valence-corrected chi connectivity index (χ0v) is 14.3. The number of hydrogen-bond acceptors (Lipinski definition) is 2. The molecule has 3 nitrogen and oxygen atoms in total. The second-order valence-electron chi connectivity index (χ2n) is 6.32. The molecule has 1 N–H and O–H groups in total. The summed E-state index contributed by atoms with van der Waals surface area (Å²) in [5.74, 6) is 2.94. The number of halogens is 1. The molecule has 4 heteroatoms. The summed E-state index contributed by atoms with van der Waals surface area (Å²) in [6, 6.07) is 0. The molecule has 2 rings (SSSR count). The van der Waals surface area contributed by atoms with E-state index in [2.05, 4.69) is 41.7 Å². The van der Waals surface area contributed by atoms with Crippen LogP contribution in [0.5, 0.6) is 0 Å². The third kappa shape index (κ3) is 3.51. The molecule has 0 radical (unpaired) electrons. The van der Waals surface area contributed by atoms with Crippen LogP contribution < -0.4 is 5.56 Å². The molecule has 1 aromatic heterocycles. The summed E-state index contributed by atoms with van der Waals surface area (Å²) in [6.45, 7) is 6.73. The van der Waals surface area contributed by atoms with Crippen molar-refractivity contribution in [2.24, 2.45) is 11.8 Å². The SMILES string of the molecule is CCCc1nc(C2CCC(C(C)C)CC2)[nH]c(=O)c1Br. The fourth-order valence-corrected chi connectivity index (χ4v) is 3.57. The van der Waals surface area contributed by atoms with Gasteiger partial charge in [-0.05, 0) is 59.9 Å². The fourth-order valence-electron chi connectivity index (χ4n) is 3.18. The van der Waals surface area contributed by atoms with E-state index in [9.17, 15) is 4.79 Å². The molecule has 0 bridgehead atoms. The monoisotopic (exact) mass is 340 g/mol. The first-order valence-corrected chi connectivity index (χ1v) is 8.60. The largest absolute Gasteiger partial charge is 0.309 e. The van der Waals surface area contributed by atoms with Crippen molar-refractivity contribution in [2.45, 2.75) is 65.2 Å². The van der Waals surface area contributed by atoms with Crippen LogP contribution in [0.4, 0.5) is 0 Å². The van der Waals surface area contributed by atoms with Crippen LogP contribution in [0.3, 0.4) is 0 Å². The number of aromatic nitrogens is 2. The molecular weight excluding hydrogens is 316 g/mol. The number of rotatable bonds is 4. The summed E-state index contributed by atoms with van der Waals surface area (Å²) in [7, 11) is 0. The van der Waals surface area contributed by atoms with Crippen LogP contribution in [0.15, 0.2) is 9.27 Å². The summed E-state index contributed by atoms with van der Waals surface area (Å²) >= 11 is 3.36. The second kappa shape index (κ2) is 6.88. The van der Waals surface area contributed by atoms with Gasteiger partial charge in [-0.1, -0.05) is 27.2 Å². The number of H-pyrrole nitrogens is 1. The molecular formula is C16H25BrN2O. The van der Waals surface area contributed by atoms with Crippen LogP contribution in [0.25, 0.3) is 0 Å². The Morgan fingerprint density at radius 1 is 1.30 bits per heavy atom. The van der Waals surface area contributed by atoms with E-state index in [1.165, 1.54) is 12.8 Å². The second-order valence-corrected chi connectivity index (χ2v) is 7.11. The fraction of sp³-hybridized carbons (Fsp3) is 0.750. The lowest BCUT2D eigenvalue weighted by Crippen LogP contribution is -2.22. The van der Waals surface area contributed by atoms with Crippen molar-refractivity contribution in [3.63, 3.8) is 0 Å². The highest BCUT2D eigenvalue weighted by atomic mass is 79.9. The van der Waals surface area contributed by atoms with Gasteiger partial charge in [0.25, 0.3) is 5.56 Å². The molecule has 0 aromatic carbocycles. The van der Waals surface area contributed by atoms with E-state index in [-0.39, 0.29) is 5.56 Å². The molecule has 1 fully saturated rings. The van der Waals surface area contributed by atoms with Crippen molar-refractivity contribution < 1.29 is 0 Å². The van der Waals surface area contributed by atoms with Crippen LogP contribution in [-0.4, -0.2) is 9.97 Å². The molecule has 0 amide bonds. The van der Waals surface area contributed by atoms with Crippen LogP contribution in [-0.2, 0) is 6.42 Å². The molecule has 1 heterocycles. The van der Waals surface area contributed by atoms with Gasteiger partial charge in [0.15, 0.2) is 0 Å². The summed E-state index contributed by atoms with van der Waals surface area (Å²) < 4.78 is 0.610. The first kappa shape index (κ1) is 15.7. The van der Waals surface area contributed by atoms with Gasteiger partial charge in [-0.3, -0.25) is 4.79 Å². The summed E-state index contributed by atoms with van der Waals surface area (Å²) in [5, 5.41) is 0. The molecule has 0 atom stereocenters. The lowest BCUT2D eigenvalue weighted by atomic mass is 9.76. The van der Waals surface area contributed by atoms with E-state index in [1.807, 2.05) is 0 Å². The Balaban J connectivity index is 2.16. The quantitative estimate of drug-likeness (QED) is 0.881. The first-order valence-electron chi connectivity index (χ1n) is 7.81. The number of nitrogens with one attached hydrogen (secondary N) is 1. The Bertz CT molecular complexity index is 502. The Hall–Kier alpha value is -0.640. The van der Waals surface area contributed by atoms with E-state index < -0.39 is 0 Å². The third-order valence-corrected chi connectivity index (χ3v) is 5.36. The average molecular weight is 341 g/mol. The van der Waals surface area contributed by atoms with Gasteiger partial charge in [0, 0.05) is 5.92 Å². The van der Waals surface area contributed by atoms with E-state index in [4.69, 9.17) is 4.98 Å². The normalized spacial score (nSPS) is 23.2. The van der Waals surface area contributed by atoms with Crippen molar-refractivity contribution in [1.29, 1.82) is 0 Å². The van der Waals surface area contributed by atoms with E-state index >= 15 is 0 Å². The maximum Gasteiger partial charge on any atom is 0.265 e. The van der Waals surface area contributed by atoms with Gasteiger partial charge < -0.3 is 4.98 Å². The molecule has 0 saturated heterocycles. The van der Waals surface area contributed by atoms with Gasteiger partial charge in [-0.2, -0.15) is 0 Å². The van der Waals surface area contributed by atoms with Crippen molar-refractivity contribution in [3.8, 4) is 0 Å². The summed E-state index contributed by atoms with van der Waals surface area (Å²) in [5.41, 5.74) is 0.890. The van der Waals surface area contributed by atoms with Crippen molar-refractivity contribution >= 4 is 15.9 Å². The average Bonchev–Trinajstić information content (AvgIpc) is 2.44. The molecule has 1 aliphatic rings. The lowest BCUT2D eigenvalue weighted by Gasteiger charge is -2.30. The number of nitrogens with zero attached hydrogens (tertiary/aromatic N) is 1. The van der Waals surface area contributed by atoms with Gasteiger partial charge in [0.2, 0.25) is 0 Å². The topological polar surface area (TPSA) is 45.8 Å². The Kier molecular flexibility index (Phi) is 5.42. The van der Waals surface area contributed by atoms with Crippen LogP contribution in [0.2, 0.25) is 0 Å². The maximum atomic E-state index is 12.0. The zero-order chi connectivity index (χ0) is 14.7. The Morgan fingerprint density at radius 3 is 2.50 bits per heavy atom. The highest BCUT2D eigenvalue weighted by Gasteiger charge is 2.26. The molecule has 1 aliphatic carbocycles. The predicted molar refractivity (Wildman–Crippen MR) is 86.1 cm³/mol. The maximum absolute atomic E-state index is 12.0. The number of aromatic amines is 1. The molecule has 1 saturated carbocycles. The highest BCUT2D eigenvalue weighted by molar-refractivity contribution is 9.10. The van der Waals surface area contributed by atoms with Gasteiger partial charge >= 0.3 is 0 Å². The van der Waals surface area contributed by atoms with Crippen molar-refractivity contribution in [3.05, 3.63) is 26.3 Å². The molecule has 20 heavy (non-hydrogen) atoms. The smallest absolute Gasteiger partial charge is 0.265 e. The molecule has 0 spiro atoms. The minimum Gasteiger partial charge on any atom is -0.309 e. The van der Waals surface area contributed by atoms with Crippen LogP contribution >= 0.6 is 15.9 Å². The minimum absolute atomic E-state index is 0.0237. The van der Waals surface area contributed by atoms with Crippen LogP contribution in [0, 0.1) is 11.8 Å². The summed E-state index contributed by atoms with van der Waals surface area (Å²) in [4.78, 5) is 19.7. The van der Waals surface area contributed by atoms with Crippen LogP contribution in [0.1, 0.15) is 70.3 Å². The standard InChI is InChI=1S/C16H25BrN2O/c1-4-5-13-14(17)16(20)19-15(18-13)12-8-6-11(7-9-12)10(2)3/h10-12H,4-9H2,1-3H3,(H,18,19,20). The molecule has 1 aromatic rings. The zero-order valence-electron chi connectivity index (χ0n) is 12.7. The van der Waals surface area contributed by atoms with E-state index in [0.29, 0.717) is 10.4 Å². The molecule has 112 valence electrons. The predicted octanol–water partition coefficient (Wildman–Crippen LogP) is 4.41. The van der Waals surface area contributed by atoms with Crippen molar-refractivity contribution in [1.82, 2.24) is 9.97 Å². The van der Waals surface area contributed by atoms with E-state index in [0.717, 1.165) is 49.0 Å².